The molecule has 0 saturated heterocycles. The minimum atomic E-state index is -4.72. The molecule has 0 saturated carbocycles. The molecule has 49 heavy (non-hydrogen) atoms. The van der Waals surface area contributed by atoms with Gasteiger partial charge in [-0.1, -0.05) is 60.7 Å². The number of H-pyrrole nitrogens is 2. The number of fused-ring (bicyclic) bond motifs is 2. The summed E-state index contributed by atoms with van der Waals surface area (Å²) in [6, 6.07) is 21.2. The van der Waals surface area contributed by atoms with Crippen molar-refractivity contribution >= 4 is 28.0 Å². The van der Waals surface area contributed by atoms with Crippen molar-refractivity contribution in [3.63, 3.8) is 0 Å². The summed E-state index contributed by atoms with van der Waals surface area (Å²) in [4.78, 5) is 18.9. The number of nitrogens with one attached hydrogen (secondary N) is 2. The lowest BCUT2D eigenvalue weighted by molar-refractivity contribution is -0.137. The third-order valence-electron chi connectivity index (χ3n) is 7.24. The van der Waals surface area contributed by atoms with Gasteiger partial charge in [-0.05, 0) is 24.3 Å². The highest BCUT2D eigenvalue weighted by Crippen LogP contribution is 2.41. The Morgan fingerprint density at radius 2 is 1.12 bits per heavy atom. The molecule has 0 amide bonds. The van der Waals surface area contributed by atoms with Crippen LogP contribution in [-0.2, 0) is 12.4 Å². The number of hydrogen-bond donors (Lipinski definition) is 4. The zero-order valence-electron chi connectivity index (χ0n) is 24.4. The first kappa shape index (κ1) is 32.6. The zero-order chi connectivity index (χ0) is 35.1. The van der Waals surface area contributed by atoms with Gasteiger partial charge in [-0.15, -0.1) is 0 Å². The number of carboxylic acid groups (broad SMARTS) is 1. The third kappa shape index (κ3) is 6.47. The van der Waals surface area contributed by atoms with Crippen LogP contribution in [-0.4, -0.2) is 46.5 Å². The monoisotopic (exact) mass is 680 g/mol. The summed E-state index contributed by atoms with van der Waals surface area (Å²) < 4.78 is 94.4. The Morgan fingerprint density at radius 3 is 1.61 bits per heavy atom. The van der Waals surface area contributed by atoms with Gasteiger partial charge in [0.25, 0.3) is 0 Å². The Labute approximate surface area is 269 Å². The summed E-state index contributed by atoms with van der Waals surface area (Å²) in [5.74, 6) is -3.23. The number of halogens is 7. The average molecular weight is 681 g/mol. The van der Waals surface area contributed by atoms with Crippen LogP contribution in [0.1, 0.15) is 21.5 Å². The van der Waals surface area contributed by atoms with E-state index in [-0.39, 0.29) is 44.7 Å². The predicted molar refractivity (Wildman–Crippen MR) is 163 cm³/mol. The molecule has 4 heterocycles. The summed E-state index contributed by atoms with van der Waals surface area (Å²) in [5, 5.41) is 30.8. The molecule has 4 N–H and O–H groups in total. The lowest BCUT2D eigenvalue weighted by Crippen LogP contribution is -2.07. The summed E-state index contributed by atoms with van der Waals surface area (Å²) in [6.45, 7) is 0. The molecule has 0 radical (unpaired) electrons. The van der Waals surface area contributed by atoms with Crippen LogP contribution in [0.15, 0.2) is 91.0 Å². The number of hydrogen-bond acceptors (Lipinski definition) is 6. The number of carbonyl (C=O) groups is 1. The molecule has 0 atom stereocenters. The predicted octanol–water partition coefficient (Wildman–Crippen LogP) is 8.50. The van der Waals surface area contributed by atoms with Crippen LogP contribution in [0.2, 0.25) is 0 Å². The minimum absolute atomic E-state index is 0.0343. The van der Waals surface area contributed by atoms with Gasteiger partial charge in [-0.25, -0.2) is 14.2 Å². The Balaban J connectivity index is 0.000000182. The highest BCUT2D eigenvalue weighted by atomic mass is 19.4. The fourth-order valence-electron chi connectivity index (χ4n) is 5.10. The fraction of sp³-hybridized carbons (Fsp3) is 0.0606. The highest BCUT2D eigenvalue weighted by molar-refractivity contribution is 5.96. The van der Waals surface area contributed by atoms with Gasteiger partial charge in [0.2, 0.25) is 5.88 Å². The Morgan fingerprint density at radius 1 is 0.633 bits per heavy atom. The van der Waals surface area contributed by atoms with Gasteiger partial charge in [0.15, 0.2) is 11.3 Å². The van der Waals surface area contributed by atoms with Crippen molar-refractivity contribution in [3.05, 3.63) is 114 Å². The largest absolute Gasteiger partial charge is 0.493 e. The Bertz CT molecular complexity index is 2320. The number of alkyl halides is 6. The van der Waals surface area contributed by atoms with E-state index in [4.69, 9.17) is 5.11 Å². The molecule has 0 fully saturated rings. The maximum absolute atomic E-state index is 13.8. The van der Waals surface area contributed by atoms with E-state index in [0.717, 1.165) is 18.2 Å². The maximum Gasteiger partial charge on any atom is 0.417 e. The number of aromatic hydroxyl groups is 1. The van der Waals surface area contributed by atoms with Crippen molar-refractivity contribution < 1.29 is 45.7 Å². The Kier molecular flexibility index (Phi) is 8.23. The van der Waals surface area contributed by atoms with Crippen LogP contribution in [0.25, 0.3) is 55.8 Å². The number of rotatable bonds is 4. The SMILES string of the molecule is O=C(O)c1cc(-c2cc(C(F)(F)F)c3c(-c4ccccc4)n[nH]c3n2)ccc1F.Oc1cc(C(F)(F)F)c2c(-c3ccccc3)n[nH]c2n1. The van der Waals surface area contributed by atoms with Crippen LogP contribution >= 0.6 is 0 Å². The first-order valence-electron chi connectivity index (χ1n) is 14.0. The van der Waals surface area contributed by atoms with E-state index < -0.39 is 46.7 Å². The fourth-order valence-corrected chi connectivity index (χ4v) is 5.10. The average Bonchev–Trinajstić information content (AvgIpc) is 3.69. The second kappa shape index (κ2) is 12.4. The maximum atomic E-state index is 13.8. The number of benzene rings is 3. The van der Waals surface area contributed by atoms with E-state index in [2.05, 4.69) is 30.4 Å². The van der Waals surface area contributed by atoms with E-state index in [0.29, 0.717) is 17.2 Å². The van der Waals surface area contributed by atoms with E-state index in [9.17, 15) is 40.6 Å². The summed E-state index contributed by atoms with van der Waals surface area (Å²) in [6.07, 6.45) is -9.33. The number of aromatic carboxylic acids is 1. The molecular formula is C33H19F7N6O3. The smallest absolute Gasteiger partial charge is 0.417 e. The van der Waals surface area contributed by atoms with Crippen LogP contribution in [0.5, 0.6) is 5.88 Å². The quantitative estimate of drug-likeness (QED) is 0.137. The highest BCUT2D eigenvalue weighted by Gasteiger charge is 2.37. The second-order valence-corrected chi connectivity index (χ2v) is 10.4. The van der Waals surface area contributed by atoms with Gasteiger partial charge in [-0.2, -0.15) is 41.5 Å². The van der Waals surface area contributed by atoms with Gasteiger partial charge in [0.1, 0.15) is 17.2 Å². The summed E-state index contributed by atoms with van der Waals surface area (Å²) in [5.41, 5.74) is -1.68. The van der Waals surface area contributed by atoms with Gasteiger partial charge in [0, 0.05) is 22.8 Å². The van der Waals surface area contributed by atoms with Gasteiger partial charge < -0.3 is 10.2 Å². The van der Waals surface area contributed by atoms with Crippen molar-refractivity contribution in [1.82, 2.24) is 30.4 Å². The number of pyridine rings is 2. The third-order valence-corrected chi connectivity index (χ3v) is 7.24. The molecular weight excluding hydrogens is 661 g/mol. The minimum Gasteiger partial charge on any atom is -0.493 e. The van der Waals surface area contributed by atoms with Crippen molar-refractivity contribution in [1.29, 1.82) is 0 Å². The number of aromatic amines is 2. The normalized spacial score (nSPS) is 11.8. The number of aromatic nitrogens is 6. The molecule has 9 nitrogen and oxygen atoms in total. The van der Waals surface area contributed by atoms with Crippen LogP contribution in [0.4, 0.5) is 30.7 Å². The molecule has 0 aliphatic rings. The van der Waals surface area contributed by atoms with E-state index in [1.807, 2.05) is 0 Å². The summed E-state index contributed by atoms with van der Waals surface area (Å²) in [7, 11) is 0. The lowest BCUT2D eigenvalue weighted by Gasteiger charge is -2.12. The number of carboxylic acids is 1. The molecule has 16 heteroatoms. The molecule has 0 spiro atoms. The van der Waals surface area contributed by atoms with Gasteiger partial charge in [-0.3, -0.25) is 10.2 Å². The standard InChI is InChI=1S/C20H11F4N3O2.C13H8F3N3O/c21-14-7-6-11(8-12(14)19(28)29)15-9-13(20(22,23)24)16-17(26-27-18(16)25-15)10-4-2-1-3-5-10;14-13(15,16)8-6-9(20)17-12-10(8)11(18-19-12)7-4-2-1-3-5-7/h1-9H,(H,28,29)(H,25,26,27);1-6H,(H2,17,18,19,20). The zero-order valence-corrected chi connectivity index (χ0v) is 24.4. The van der Waals surface area contributed by atoms with Crippen molar-refractivity contribution in [2.45, 2.75) is 12.4 Å². The molecule has 3 aromatic carbocycles. The molecule has 4 aromatic heterocycles. The molecule has 0 unspecified atom stereocenters. The first-order valence-corrected chi connectivity index (χ1v) is 14.0. The summed E-state index contributed by atoms with van der Waals surface area (Å²) >= 11 is 0. The van der Waals surface area contributed by atoms with Crippen LogP contribution < -0.4 is 0 Å². The molecule has 0 aliphatic heterocycles. The molecule has 248 valence electrons. The van der Waals surface area contributed by atoms with Crippen LogP contribution in [0, 0.1) is 5.82 Å². The Hall–Kier alpha value is -6.32. The second-order valence-electron chi connectivity index (χ2n) is 10.4. The van der Waals surface area contributed by atoms with E-state index >= 15 is 0 Å². The van der Waals surface area contributed by atoms with E-state index in [1.165, 1.54) is 6.07 Å². The number of nitrogens with zero attached hydrogens (tertiary/aromatic N) is 4. The van der Waals surface area contributed by atoms with Gasteiger partial charge >= 0.3 is 18.3 Å². The van der Waals surface area contributed by atoms with Crippen molar-refractivity contribution in [3.8, 4) is 39.7 Å². The first-order chi connectivity index (χ1) is 23.2. The molecule has 0 bridgehead atoms. The molecule has 7 rings (SSSR count). The lowest BCUT2D eigenvalue weighted by atomic mass is 10.0. The van der Waals surface area contributed by atoms with Gasteiger partial charge in [0.05, 0.1) is 33.2 Å². The molecule has 7 aromatic rings. The molecule has 0 aliphatic carbocycles. The van der Waals surface area contributed by atoms with Crippen LogP contribution in [0.3, 0.4) is 0 Å². The topological polar surface area (TPSA) is 141 Å². The van der Waals surface area contributed by atoms with Crippen molar-refractivity contribution in [2.75, 3.05) is 0 Å². The van der Waals surface area contributed by atoms with Crippen molar-refractivity contribution in [2.24, 2.45) is 0 Å². The van der Waals surface area contributed by atoms with E-state index in [1.54, 1.807) is 60.7 Å².